The quantitative estimate of drug-likeness (QED) is 0.595. The molecule has 0 fully saturated rings. The van der Waals surface area contributed by atoms with Crippen LogP contribution in [-0.4, -0.2) is 57.4 Å². The summed E-state index contributed by atoms with van der Waals surface area (Å²) in [7, 11) is -0.581. The molecule has 0 spiro atoms. The van der Waals surface area contributed by atoms with E-state index in [0.29, 0.717) is 31.0 Å². The summed E-state index contributed by atoms with van der Waals surface area (Å²) in [5, 5.41) is 1.70. The molecule has 1 aromatic heterocycles. The van der Waals surface area contributed by atoms with Gasteiger partial charge in [0.15, 0.2) is 11.5 Å². The maximum absolute atomic E-state index is 12.9. The molecule has 0 bridgehead atoms. The molecule has 3 rings (SSSR count). The van der Waals surface area contributed by atoms with Crippen molar-refractivity contribution in [3.8, 4) is 11.5 Å². The Balaban J connectivity index is 1.78. The number of nitrogens with zero attached hydrogens (tertiary/aromatic N) is 2. The zero-order valence-electron chi connectivity index (χ0n) is 16.5. The lowest BCUT2D eigenvalue weighted by atomic mass is 9.98. The minimum Gasteiger partial charge on any atom is -0.493 e. The van der Waals surface area contributed by atoms with Crippen molar-refractivity contribution in [3.63, 3.8) is 0 Å². The highest BCUT2D eigenvalue weighted by Crippen LogP contribution is 2.33. The van der Waals surface area contributed by atoms with E-state index >= 15 is 0 Å². The summed E-state index contributed by atoms with van der Waals surface area (Å²) in [6.45, 7) is 4.38. The molecule has 1 aliphatic rings. The van der Waals surface area contributed by atoms with E-state index in [1.165, 1.54) is 12.1 Å². The third kappa shape index (κ3) is 4.47. The van der Waals surface area contributed by atoms with E-state index in [4.69, 9.17) is 9.47 Å². The van der Waals surface area contributed by atoms with Crippen LogP contribution in [0.15, 0.2) is 46.5 Å². The van der Waals surface area contributed by atoms with Crippen LogP contribution in [0.5, 0.6) is 11.5 Å². The van der Waals surface area contributed by atoms with Crippen molar-refractivity contribution < 1.29 is 22.7 Å². The van der Waals surface area contributed by atoms with Crippen molar-refractivity contribution in [3.05, 3.63) is 53.4 Å². The number of thiophene rings is 1. The molecule has 0 saturated carbocycles. The number of amides is 1. The van der Waals surface area contributed by atoms with Crippen LogP contribution in [0.25, 0.3) is 0 Å². The van der Waals surface area contributed by atoms with Gasteiger partial charge in [0.2, 0.25) is 5.91 Å². The molecule has 1 aromatic carbocycles. The number of fused-ring (bicyclic) bond motifs is 1. The SMILES string of the molecule is C=CCN(CC(=O)N1CCc2cc(OC)c(OC)cc2C1)S(=O)(=O)c1cccs1. The van der Waals surface area contributed by atoms with Crippen molar-refractivity contribution >= 4 is 27.3 Å². The molecule has 0 atom stereocenters. The molecule has 0 N–H and O–H groups in total. The Hall–Kier alpha value is -2.36. The summed E-state index contributed by atoms with van der Waals surface area (Å²) in [4.78, 5) is 14.6. The van der Waals surface area contributed by atoms with Crippen LogP contribution < -0.4 is 9.47 Å². The van der Waals surface area contributed by atoms with Crippen LogP contribution in [-0.2, 0) is 27.8 Å². The monoisotopic (exact) mass is 436 g/mol. The Morgan fingerprint density at radius 2 is 1.97 bits per heavy atom. The average molecular weight is 437 g/mol. The minimum absolute atomic E-state index is 0.0709. The van der Waals surface area contributed by atoms with Gasteiger partial charge in [0.1, 0.15) is 4.21 Å². The lowest BCUT2D eigenvalue weighted by molar-refractivity contribution is -0.132. The number of sulfonamides is 1. The smallest absolute Gasteiger partial charge is 0.253 e. The van der Waals surface area contributed by atoms with Gasteiger partial charge in [-0.3, -0.25) is 4.79 Å². The van der Waals surface area contributed by atoms with Crippen LogP contribution in [0.1, 0.15) is 11.1 Å². The third-order valence-corrected chi connectivity index (χ3v) is 7.99. The number of hydrogen-bond acceptors (Lipinski definition) is 6. The molecular weight excluding hydrogens is 412 g/mol. The number of carbonyl (C=O) groups is 1. The first-order chi connectivity index (χ1) is 13.9. The van der Waals surface area contributed by atoms with Gasteiger partial charge in [0.25, 0.3) is 10.0 Å². The highest BCUT2D eigenvalue weighted by atomic mass is 32.2. The van der Waals surface area contributed by atoms with E-state index in [-0.39, 0.29) is 23.2 Å². The van der Waals surface area contributed by atoms with Crippen LogP contribution >= 0.6 is 11.3 Å². The zero-order chi connectivity index (χ0) is 21.0. The topological polar surface area (TPSA) is 76.2 Å². The van der Waals surface area contributed by atoms with E-state index in [1.54, 1.807) is 30.6 Å². The number of benzene rings is 1. The van der Waals surface area contributed by atoms with Crippen molar-refractivity contribution in [1.82, 2.24) is 9.21 Å². The molecule has 2 heterocycles. The Labute approximate surface area is 175 Å². The van der Waals surface area contributed by atoms with Gasteiger partial charge in [0.05, 0.1) is 20.8 Å². The number of carbonyl (C=O) groups excluding carboxylic acids is 1. The van der Waals surface area contributed by atoms with Crippen molar-refractivity contribution in [2.75, 3.05) is 33.9 Å². The first-order valence-corrected chi connectivity index (χ1v) is 11.4. The van der Waals surface area contributed by atoms with E-state index in [1.807, 2.05) is 12.1 Å². The van der Waals surface area contributed by atoms with Gasteiger partial charge in [-0.15, -0.1) is 17.9 Å². The largest absolute Gasteiger partial charge is 0.493 e. The zero-order valence-corrected chi connectivity index (χ0v) is 18.1. The Bertz CT molecular complexity index is 987. The van der Waals surface area contributed by atoms with Crippen molar-refractivity contribution in [2.45, 2.75) is 17.2 Å². The van der Waals surface area contributed by atoms with Crippen LogP contribution in [0, 0.1) is 0 Å². The fourth-order valence-electron chi connectivity index (χ4n) is 3.28. The summed E-state index contributed by atoms with van der Waals surface area (Å²) in [5.41, 5.74) is 2.07. The number of methoxy groups -OCH3 is 2. The van der Waals surface area contributed by atoms with Crippen LogP contribution in [0.3, 0.4) is 0 Å². The van der Waals surface area contributed by atoms with Crippen LogP contribution in [0.2, 0.25) is 0 Å². The summed E-state index contributed by atoms with van der Waals surface area (Å²) >= 11 is 1.13. The lowest BCUT2D eigenvalue weighted by Crippen LogP contribution is -2.44. The van der Waals surface area contributed by atoms with Gasteiger partial charge >= 0.3 is 0 Å². The number of rotatable bonds is 8. The van der Waals surface area contributed by atoms with Gasteiger partial charge in [-0.2, -0.15) is 4.31 Å². The van der Waals surface area contributed by atoms with E-state index in [9.17, 15) is 13.2 Å². The Morgan fingerprint density at radius 1 is 1.28 bits per heavy atom. The molecule has 0 saturated heterocycles. The highest BCUT2D eigenvalue weighted by molar-refractivity contribution is 7.91. The van der Waals surface area contributed by atoms with Crippen molar-refractivity contribution in [1.29, 1.82) is 0 Å². The first kappa shape index (κ1) is 21.4. The van der Waals surface area contributed by atoms with Crippen molar-refractivity contribution in [2.24, 2.45) is 0 Å². The molecule has 0 unspecified atom stereocenters. The minimum atomic E-state index is -3.74. The number of hydrogen-bond donors (Lipinski definition) is 0. The summed E-state index contributed by atoms with van der Waals surface area (Å²) in [5.74, 6) is 1.02. The Morgan fingerprint density at radius 3 is 2.55 bits per heavy atom. The third-order valence-electron chi connectivity index (χ3n) is 4.80. The standard InChI is InChI=1S/C20H24N2O5S2/c1-4-8-22(29(24,25)20-6-5-10-28-20)14-19(23)21-9-7-15-11-17(26-2)18(27-3)12-16(15)13-21/h4-6,10-12H,1,7-9,13-14H2,2-3H3. The van der Waals surface area contributed by atoms with Gasteiger partial charge in [0, 0.05) is 19.6 Å². The summed E-state index contributed by atoms with van der Waals surface area (Å²) in [6.07, 6.45) is 2.15. The molecule has 9 heteroatoms. The normalized spacial score (nSPS) is 13.8. The predicted molar refractivity (Wildman–Crippen MR) is 112 cm³/mol. The van der Waals surface area contributed by atoms with Crippen LogP contribution in [0.4, 0.5) is 0 Å². The predicted octanol–water partition coefficient (Wildman–Crippen LogP) is 2.53. The number of ether oxygens (including phenoxy) is 2. The van der Waals surface area contributed by atoms with E-state index in [0.717, 1.165) is 26.8 Å². The second kappa shape index (κ2) is 8.98. The molecule has 1 amide bonds. The first-order valence-electron chi connectivity index (χ1n) is 9.06. The molecule has 0 radical (unpaired) electrons. The second-order valence-electron chi connectivity index (χ2n) is 6.56. The molecular formula is C20H24N2O5S2. The molecule has 29 heavy (non-hydrogen) atoms. The van der Waals surface area contributed by atoms with E-state index < -0.39 is 10.0 Å². The summed E-state index contributed by atoms with van der Waals surface area (Å²) < 4.78 is 37.8. The molecule has 156 valence electrons. The maximum Gasteiger partial charge on any atom is 0.253 e. The maximum atomic E-state index is 12.9. The lowest BCUT2D eigenvalue weighted by Gasteiger charge is -2.31. The summed E-state index contributed by atoms with van der Waals surface area (Å²) in [6, 6.07) is 7.02. The van der Waals surface area contributed by atoms with Gasteiger partial charge in [-0.1, -0.05) is 12.1 Å². The molecule has 2 aromatic rings. The van der Waals surface area contributed by atoms with Gasteiger partial charge < -0.3 is 14.4 Å². The molecule has 7 nitrogen and oxygen atoms in total. The second-order valence-corrected chi connectivity index (χ2v) is 9.67. The molecule has 0 aliphatic carbocycles. The molecule has 1 aliphatic heterocycles. The average Bonchev–Trinajstić information content (AvgIpc) is 3.27. The fourth-order valence-corrected chi connectivity index (χ4v) is 5.78. The van der Waals surface area contributed by atoms with Gasteiger partial charge in [-0.05, 0) is 41.1 Å². The van der Waals surface area contributed by atoms with E-state index in [2.05, 4.69) is 6.58 Å². The Kier molecular flexibility index (Phi) is 6.61. The fraction of sp³-hybridized carbons (Fsp3) is 0.350. The van der Waals surface area contributed by atoms with Gasteiger partial charge in [-0.25, -0.2) is 8.42 Å². The highest BCUT2D eigenvalue weighted by Gasteiger charge is 2.30.